The van der Waals surface area contributed by atoms with Gasteiger partial charge >= 0.3 is 0 Å². The van der Waals surface area contributed by atoms with Gasteiger partial charge in [-0.25, -0.2) is 0 Å². The number of nitro groups is 1. The Hall–Kier alpha value is -0.700. The molecular formula is C12H7Br2NO3S2. The molecule has 20 heavy (non-hydrogen) atoms. The number of benzene rings is 1. The van der Waals surface area contributed by atoms with Crippen LogP contribution in [-0.2, 0) is 0 Å². The first-order valence-electron chi connectivity index (χ1n) is 5.33. The van der Waals surface area contributed by atoms with E-state index in [4.69, 9.17) is 0 Å². The summed E-state index contributed by atoms with van der Waals surface area (Å²) in [6.07, 6.45) is 0. The number of carbonyl (C=O) groups is 1. The van der Waals surface area contributed by atoms with Crippen molar-refractivity contribution < 1.29 is 9.72 Å². The molecule has 0 atom stereocenters. The summed E-state index contributed by atoms with van der Waals surface area (Å²) in [6.45, 7) is 0. The van der Waals surface area contributed by atoms with Gasteiger partial charge in [0.25, 0.3) is 5.69 Å². The molecule has 0 saturated heterocycles. The average Bonchev–Trinajstić information content (AvgIpc) is 2.75. The monoisotopic (exact) mass is 435 g/mol. The molecule has 0 aliphatic carbocycles. The maximum atomic E-state index is 12.1. The zero-order chi connectivity index (χ0) is 14.7. The summed E-state index contributed by atoms with van der Waals surface area (Å²) in [5, 5.41) is 10.9. The van der Waals surface area contributed by atoms with Crippen molar-refractivity contribution in [1.82, 2.24) is 0 Å². The Morgan fingerprint density at radius 1 is 1.35 bits per heavy atom. The van der Waals surface area contributed by atoms with Gasteiger partial charge in [0, 0.05) is 11.6 Å². The van der Waals surface area contributed by atoms with Gasteiger partial charge in [0.2, 0.25) is 0 Å². The Kier molecular flexibility index (Phi) is 5.36. The third kappa shape index (κ3) is 3.69. The second kappa shape index (κ2) is 6.84. The third-order valence-corrected chi connectivity index (χ3v) is 5.78. The van der Waals surface area contributed by atoms with Gasteiger partial charge in [-0.05, 0) is 44.0 Å². The third-order valence-electron chi connectivity index (χ3n) is 2.38. The van der Waals surface area contributed by atoms with Gasteiger partial charge in [-0.2, -0.15) is 0 Å². The highest BCUT2D eigenvalue weighted by molar-refractivity contribution is 9.12. The molecule has 2 aromatic rings. The van der Waals surface area contributed by atoms with E-state index in [9.17, 15) is 14.9 Å². The second-order valence-electron chi connectivity index (χ2n) is 3.67. The lowest BCUT2D eigenvalue weighted by molar-refractivity contribution is -0.387. The van der Waals surface area contributed by atoms with Crippen molar-refractivity contribution in [1.29, 1.82) is 0 Å². The zero-order valence-electron chi connectivity index (χ0n) is 9.84. The van der Waals surface area contributed by atoms with Crippen LogP contribution >= 0.6 is 55.0 Å². The van der Waals surface area contributed by atoms with E-state index in [-0.39, 0.29) is 17.2 Å². The van der Waals surface area contributed by atoms with E-state index >= 15 is 0 Å². The SMILES string of the molecule is O=C(CSc1ccccc1[N+](=O)[O-])c1cc(Br)sc1Br. The average molecular weight is 437 g/mol. The number of thioether (sulfide) groups is 1. The molecule has 0 fully saturated rings. The quantitative estimate of drug-likeness (QED) is 0.281. The van der Waals surface area contributed by atoms with Crippen LogP contribution in [0.4, 0.5) is 5.69 Å². The number of hydrogen-bond donors (Lipinski definition) is 0. The van der Waals surface area contributed by atoms with Gasteiger partial charge in [0.05, 0.1) is 23.1 Å². The van der Waals surface area contributed by atoms with Crippen LogP contribution in [0.5, 0.6) is 0 Å². The van der Waals surface area contributed by atoms with E-state index < -0.39 is 4.92 Å². The maximum absolute atomic E-state index is 12.1. The van der Waals surface area contributed by atoms with Crippen LogP contribution in [0.2, 0.25) is 0 Å². The summed E-state index contributed by atoms with van der Waals surface area (Å²) in [5.41, 5.74) is 0.615. The summed E-state index contributed by atoms with van der Waals surface area (Å²) >= 11 is 9.25. The van der Waals surface area contributed by atoms with Gasteiger partial charge in [-0.1, -0.05) is 12.1 Å². The number of thiophene rings is 1. The van der Waals surface area contributed by atoms with Gasteiger partial charge in [0.15, 0.2) is 5.78 Å². The molecule has 8 heteroatoms. The van der Waals surface area contributed by atoms with Gasteiger partial charge in [0.1, 0.15) is 0 Å². The topological polar surface area (TPSA) is 60.2 Å². The predicted molar refractivity (Wildman–Crippen MR) is 87.9 cm³/mol. The number of nitrogens with zero attached hydrogens (tertiary/aromatic N) is 1. The van der Waals surface area contributed by atoms with E-state index in [0.29, 0.717) is 10.5 Å². The molecule has 0 spiro atoms. The number of carbonyl (C=O) groups excluding carboxylic acids is 1. The van der Waals surface area contributed by atoms with E-state index in [1.165, 1.54) is 29.2 Å². The molecule has 0 aliphatic heterocycles. The zero-order valence-corrected chi connectivity index (χ0v) is 14.6. The first-order valence-corrected chi connectivity index (χ1v) is 8.72. The van der Waals surface area contributed by atoms with E-state index in [1.54, 1.807) is 24.3 Å². The van der Waals surface area contributed by atoms with Crippen molar-refractivity contribution in [3.05, 3.63) is 53.6 Å². The lowest BCUT2D eigenvalue weighted by Crippen LogP contribution is -2.02. The number of Topliss-reactive ketones (excluding diaryl/α,β-unsaturated/α-hetero) is 1. The Morgan fingerprint density at radius 2 is 2.05 bits per heavy atom. The molecule has 0 amide bonds. The largest absolute Gasteiger partial charge is 0.293 e. The van der Waals surface area contributed by atoms with Gasteiger partial charge in [-0.15, -0.1) is 23.1 Å². The van der Waals surface area contributed by atoms with E-state index in [0.717, 1.165) is 7.57 Å². The molecule has 1 aromatic heterocycles. The lowest BCUT2D eigenvalue weighted by atomic mass is 10.2. The summed E-state index contributed by atoms with van der Waals surface area (Å²) in [4.78, 5) is 23.0. The summed E-state index contributed by atoms with van der Waals surface area (Å²) in [6, 6.07) is 8.16. The molecule has 0 bridgehead atoms. The van der Waals surface area contributed by atoms with E-state index in [1.807, 2.05) is 0 Å². The van der Waals surface area contributed by atoms with Crippen LogP contribution in [0.3, 0.4) is 0 Å². The lowest BCUT2D eigenvalue weighted by Gasteiger charge is -2.02. The van der Waals surface area contributed by atoms with Crippen molar-refractivity contribution in [2.45, 2.75) is 4.90 Å². The molecular weight excluding hydrogens is 430 g/mol. The minimum Gasteiger partial charge on any atom is -0.293 e. The van der Waals surface area contributed by atoms with Crippen LogP contribution < -0.4 is 0 Å². The van der Waals surface area contributed by atoms with Crippen LogP contribution in [0.15, 0.2) is 42.8 Å². The van der Waals surface area contributed by atoms with Crippen molar-refractivity contribution in [2.24, 2.45) is 0 Å². The van der Waals surface area contributed by atoms with Crippen molar-refractivity contribution >= 4 is 66.4 Å². The number of nitro benzene ring substituents is 1. The Morgan fingerprint density at radius 3 is 2.65 bits per heavy atom. The highest BCUT2D eigenvalue weighted by Gasteiger charge is 2.17. The standard InChI is InChI=1S/C12H7Br2NO3S2/c13-11-5-7(12(14)20-11)9(16)6-19-10-4-2-1-3-8(10)15(17)18/h1-5H,6H2. The van der Waals surface area contributed by atoms with Gasteiger partial charge < -0.3 is 0 Å². The second-order valence-corrected chi connectivity index (χ2v) is 8.44. The van der Waals surface area contributed by atoms with Crippen LogP contribution in [0.1, 0.15) is 10.4 Å². The molecule has 4 nitrogen and oxygen atoms in total. The van der Waals surface area contributed by atoms with Crippen molar-refractivity contribution in [2.75, 3.05) is 5.75 Å². The highest BCUT2D eigenvalue weighted by Crippen LogP contribution is 2.34. The summed E-state index contributed by atoms with van der Waals surface area (Å²) in [5.74, 6) is 0.0917. The molecule has 1 heterocycles. The van der Waals surface area contributed by atoms with Crippen molar-refractivity contribution in [3.8, 4) is 0 Å². The fraction of sp³-hybridized carbons (Fsp3) is 0.0833. The Balaban J connectivity index is 2.11. The predicted octanol–water partition coefficient (Wildman–Crippen LogP) is 5.16. The van der Waals surface area contributed by atoms with Crippen LogP contribution in [0.25, 0.3) is 0 Å². The normalized spacial score (nSPS) is 10.5. The molecule has 0 aliphatic rings. The Labute approximate surface area is 140 Å². The molecule has 2 rings (SSSR count). The number of rotatable bonds is 5. The molecule has 1 aromatic carbocycles. The van der Waals surface area contributed by atoms with Gasteiger partial charge in [-0.3, -0.25) is 14.9 Å². The fourth-order valence-corrected chi connectivity index (χ4v) is 5.24. The molecule has 0 N–H and O–H groups in total. The molecule has 0 radical (unpaired) electrons. The molecule has 104 valence electrons. The minimum atomic E-state index is -0.441. The van der Waals surface area contributed by atoms with Crippen molar-refractivity contribution in [3.63, 3.8) is 0 Å². The smallest absolute Gasteiger partial charge is 0.282 e. The molecule has 0 saturated carbocycles. The first kappa shape index (κ1) is 15.7. The summed E-state index contributed by atoms with van der Waals surface area (Å²) < 4.78 is 1.63. The minimum absolute atomic E-state index is 0.0239. The number of halogens is 2. The number of hydrogen-bond acceptors (Lipinski definition) is 5. The number of para-hydroxylation sites is 1. The fourth-order valence-electron chi connectivity index (χ4n) is 1.48. The number of ketones is 1. The van der Waals surface area contributed by atoms with Crippen LogP contribution in [0, 0.1) is 10.1 Å². The summed E-state index contributed by atoms with van der Waals surface area (Å²) in [7, 11) is 0. The first-order chi connectivity index (χ1) is 9.49. The van der Waals surface area contributed by atoms with E-state index in [2.05, 4.69) is 31.9 Å². The Bertz CT molecular complexity index is 672. The molecule has 0 unspecified atom stereocenters. The van der Waals surface area contributed by atoms with Crippen LogP contribution in [-0.4, -0.2) is 16.5 Å². The highest BCUT2D eigenvalue weighted by atomic mass is 79.9. The maximum Gasteiger partial charge on any atom is 0.282 e.